The first-order chi connectivity index (χ1) is 13.2. The zero-order chi connectivity index (χ0) is 18.6. The third-order valence-electron chi connectivity index (χ3n) is 5.41. The molecule has 4 rings (SSSR count). The highest BCUT2D eigenvalue weighted by atomic mass is 32.1. The molecule has 0 bridgehead atoms. The summed E-state index contributed by atoms with van der Waals surface area (Å²) >= 11 is 1.70. The van der Waals surface area contributed by atoms with Crippen molar-refractivity contribution < 1.29 is 14.2 Å². The molecule has 1 fully saturated rings. The van der Waals surface area contributed by atoms with Crippen molar-refractivity contribution in [2.24, 2.45) is 0 Å². The Morgan fingerprint density at radius 2 is 1.93 bits per heavy atom. The van der Waals surface area contributed by atoms with Crippen molar-refractivity contribution in [3.63, 3.8) is 0 Å². The van der Waals surface area contributed by atoms with E-state index in [4.69, 9.17) is 0 Å². The second kappa shape index (κ2) is 8.24. The molecule has 1 aliphatic heterocycles. The fourth-order valence-electron chi connectivity index (χ4n) is 3.87. The van der Waals surface area contributed by atoms with E-state index in [1.54, 1.807) is 16.2 Å². The van der Waals surface area contributed by atoms with Crippen LogP contribution in [0.2, 0.25) is 0 Å². The molecule has 1 atom stereocenters. The summed E-state index contributed by atoms with van der Waals surface area (Å²) in [7, 11) is 0. The maximum Gasteiger partial charge on any atom is 0.214 e. The van der Waals surface area contributed by atoms with Crippen molar-refractivity contribution in [3.8, 4) is 0 Å². The van der Waals surface area contributed by atoms with E-state index in [0.717, 1.165) is 44.1 Å². The number of aromatic nitrogens is 4. The third-order valence-corrected chi connectivity index (χ3v) is 6.28. The molecule has 2 N–H and O–H groups in total. The highest BCUT2D eigenvalue weighted by molar-refractivity contribution is 7.09. The molecule has 2 aromatic heterocycles. The van der Waals surface area contributed by atoms with Gasteiger partial charge in [0.25, 0.3) is 0 Å². The number of quaternary nitrogens is 2. The zero-order valence-corrected chi connectivity index (χ0v) is 16.3. The summed E-state index contributed by atoms with van der Waals surface area (Å²) in [5, 5.41) is 14.7. The van der Waals surface area contributed by atoms with Crippen molar-refractivity contribution >= 4 is 11.3 Å². The van der Waals surface area contributed by atoms with Crippen LogP contribution in [0.5, 0.6) is 0 Å². The van der Waals surface area contributed by atoms with Crippen LogP contribution in [0, 0.1) is 5.82 Å². The first kappa shape index (κ1) is 18.2. The second-order valence-corrected chi connectivity index (χ2v) is 8.05. The number of likely N-dealkylation sites (N-methyl/N-ethyl adjacent to an activating group) is 1. The summed E-state index contributed by atoms with van der Waals surface area (Å²) in [6, 6.07) is 11.0. The molecule has 142 valence electrons. The molecule has 0 radical (unpaired) electrons. The van der Waals surface area contributed by atoms with Crippen LogP contribution in [0.3, 0.4) is 0 Å². The third kappa shape index (κ3) is 4.07. The maximum absolute atomic E-state index is 13.5. The minimum absolute atomic E-state index is 0.0129. The Kier molecular flexibility index (Phi) is 5.56. The minimum atomic E-state index is -0.217. The van der Waals surface area contributed by atoms with E-state index < -0.39 is 0 Å². The number of rotatable bonds is 6. The van der Waals surface area contributed by atoms with Crippen LogP contribution < -0.4 is 9.80 Å². The average Bonchev–Trinajstić information content (AvgIpc) is 3.37. The number of hydrogen-bond donors (Lipinski definition) is 2. The molecule has 3 aromatic rings. The van der Waals surface area contributed by atoms with Crippen molar-refractivity contribution in [2.45, 2.75) is 19.5 Å². The molecule has 0 spiro atoms. The minimum Gasteiger partial charge on any atom is -0.326 e. The first-order valence-electron chi connectivity index (χ1n) is 9.46. The van der Waals surface area contributed by atoms with Gasteiger partial charge in [-0.2, -0.15) is 0 Å². The van der Waals surface area contributed by atoms with E-state index in [-0.39, 0.29) is 11.9 Å². The lowest BCUT2D eigenvalue weighted by molar-refractivity contribution is -1.02. The quantitative estimate of drug-likeness (QED) is 0.616. The van der Waals surface area contributed by atoms with E-state index >= 15 is 0 Å². The van der Waals surface area contributed by atoms with Crippen LogP contribution in [0.4, 0.5) is 4.39 Å². The van der Waals surface area contributed by atoms with Gasteiger partial charge in [0.05, 0.1) is 13.1 Å². The van der Waals surface area contributed by atoms with Gasteiger partial charge in [0.15, 0.2) is 6.04 Å². The van der Waals surface area contributed by atoms with Crippen LogP contribution in [-0.4, -0.2) is 52.9 Å². The van der Waals surface area contributed by atoms with Crippen molar-refractivity contribution in [1.29, 1.82) is 0 Å². The van der Waals surface area contributed by atoms with E-state index in [0.29, 0.717) is 6.54 Å². The highest BCUT2D eigenvalue weighted by Crippen LogP contribution is 2.19. The standard InChI is InChI=1S/C19H23FN6S/c1-2-24-9-11-25(12-10-24)18(15-5-7-16(20)8-6-15)19-21-22-23-26(19)14-17-4-3-13-27-17/h3-8,13,18H,2,9-12,14H2,1H3/p+2/t18-/m1/s1. The number of tetrazole rings is 1. The van der Waals surface area contributed by atoms with Crippen LogP contribution >= 0.6 is 11.3 Å². The first-order valence-corrected chi connectivity index (χ1v) is 10.3. The van der Waals surface area contributed by atoms with Crippen molar-refractivity contribution in [1.82, 2.24) is 20.2 Å². The van der Waals surface area contributed by atoms with Gasteiger partial charge >= 0.3 is 0 Å². The van der Waals surface area contributed by atoms with Crippen molar-refractivity contribution in [2.75, 3.05) is 32.7 Å². The van der Waals surface area contributed by atoms with Crippen LogP contribution in [-0.2, 0) is 6.54 Å². The topological polar surface area (TPSA) is 52.5 Å². The number of nitrogens with one attached hydrogen (secondary N) is 2. The Balaban J connectivity index is 1.66. The molecule has 27 heavy (non-hydrogen) atoms. The molecule has 8 heteroatoms. The van der Waals surface area contributed by atoms with Gasteiger partial charge in [0.2, 0.25) is 5.82 Å². The predicted molar refractivity (Wildman–Crippen MR) is 101 cm³/mol. The maximum atomic E-state index is 13.5. The predicted octanol–water partition coefficient (Wildman–Crippen LogP) is -0.185. The molecular formula is C19H25FN6S+2. The smallest absolute Gasteiger partial charge is 0.214 e. The lowest BCUT2D eigenvalue weighted by Gasteiger charge is -2.33. The van der Waals surface area contributed by atoms with Crippen LogP contribution in [0.1, 0.15) is 29.2 Å². The van der Waals surface area contributed by atoms with Crippen LogP contribution in [0.25, 0.3) is 0 Å². The second-order valence-electron chi connectivity index (χ2n) is 7.02. The molecule has 0 amide bonds. The number of hydrogen-bond acceptors (Lipinski definition) is 4. The molecule has 1 saturated heterocycles. The molecule has 0 unspecified atom stereocenters. The van der Waals surface area contributed by atoms with E-state index in [1.165, 1.54) is 21.9 Å². The van der Waals surface area contributed by atoms with Gasteiger partial charge in [-0.1, -0.05) is 6.07 Å². The van der Waals surface area contributed by atoms with Crippen molar-refractivity contribution in [3.05, 3.63) is 63.9 Å². The van der Waals surface area contributed by atoms with Gasteiger partial charge in [-0.05, 0) is 53.1 Å². The number of thiophene rings is 1. The Morgan fingerprint density at radius 1 is 1.15 bits per heavy atom. The summed E-state index contributed by atoms with van der Waals surface area (Å²) in [6.45, 7) is 8.43. The number of halogens is 1. The molecule has 3 heterocycles. The summed E-state index contributed by atoms with van der Waals surface area (Å²) in [4.78, 5) is 4.30. The van der Waals surface area contributed by atoms with E-state index in [2.05, 4.69) is 33.9 Å². The van der Waals surface area contributed by atoms with Gasteiger partial charge < -0.3 is 9.80 Å². The van der Waals surface area contributed by atoms with Gasteiger partial charge in [0.1, 0.15) is 32.0 Å². The van der Waals surface area contributed by atoms with Gasteiger partial charge in [0, 0.05) is 10.4 Å². The number of nitrogens with zero attached hydrogens (tertiary/aromatic N) is 4. The summed E-state index contributed by atoms with van der Waals surface area (Å²) in [6.07, 6.45) is 0. The lowest BCUT2D eigenvalue weighted by atomic mass is 10.0. The Morgan fingerprint density at radius 3 is 2.59 bits per heavy atom. The molecule has 1 aliphatic rings. The summed E-state index contributed by atoms with van der Waals surface area (Å²) < 4.78 is 15.4. The fourth-order valence-corrected chi connectivity index (χ4v) is 4.56. The summed E-state index contributed by atoms with van der Waals surface area (Å²) in [5.74, 6) is 0.635. The lowest BCUT2D eigenvalue weighted by Crippen LogP contribution is -3.28. The Labute approximate surface area is 162 Å². The van der Waals surface area contributed by atoms with Gasteiger partial charge in [-0.25, -0.2) is 9.07 Å². The Bertz CT molecular complexity index is 839. The SMILES string of the molecule is CC[NH+]1CC[NH+]([C@H](c2ccc(F)cc2)c2nnnn2Cc2cccs2)CC1. The zero-order valence-electron chi connectivity index (χ0n) is 15.4. The molecule has 0 saturated carbocycles. The van der Waals surface area contributed by atoms with Gasteiger partial charge in [-0.3, -0.25) is 0 Å². The highest BCUT2D eigenvalue weighted by Gasteiger charge is 2.35. The monoisotopic (exact) mass is 388 g/mol. The number of benzene rings is 1. The molecule has 0 aliphatic carbocycles. The molecule has 6 nitrogen and oxygen atoms in total. The fraction of sp³-hybridized carbons (Fsp3) is 0.421. The molecule has 1 aromatic carbocycles. The van der Waals surface area contributed by atoms with E-state index in [1.807, 2.05) is 22.9 Å². The summed E-state index contributed by atoms with van der Waals surface area (Å²) in [5.41, 5.74) is 1.06. The largest absolute Gasteiger partial charge is 0.326 e. The number of piperazine rings is 1. The Hall–Kier alpha value is -2.16. The normalized spacial score (nSPS) is 21.3. The van der Waals surface area contributed by atoms with E-state index in [9.17, 15) is 4.39 Å². The van der Waals surface area contributed by atoms with Gasteiger partial charge in [-0.15, -0.1) is 16.4 Å². The molecular weight excluding hydrogens is 363 g/mol. The average molecular weight is 389 g/mol. The van der Waals surface area contributed by atoms with Crippen LogP contribution in [0.15, 0.2) is 41.8 Å².